The van der Waals surface area contributed by atoms with E-state index >= 15 is 0 Å². The molecule has 0 unspecified atom stereocenters. The van der Waals surface area contributed by atoms with Gasteiger partial charge in [-0.15, -0.1) is 0 Å². The van der Waals surface area contributed by atoms with Crippen molar-refractivity contribution in [2.24, 2.45) is 0 Å². The van der Waals surface area contributed by atoms with Crippen molar-refractivity contribution in [1.29, 1.82) is 0 Å². The molecule has 2 nitrogen and oxygen atoms in total. The number of benzene rings is 2. The Bertz CT molecular complexity index is 547. The predicted molar refractivity (Wildman–Crippen MR) is 72.5 cm³/mol. The molecule has 0 spiro atoms. The Morgan fingerprint density at radius 1 is 1.16 bits per heavy atom. The van der Waals surface area contributed by atoms with Crippen molar-refractivity contribution in [1.82, 2.24) is 0 Å². The predicted octanol–water partition coefficient (Wildman–Crippen LogP) is 3.77. The summed E-state index contributed by atoms with van der Waals surface area (Å²) in [6, 6.07) is 12.1. The lowest BCUT2D eigenvalue weighted by atomic mass is 10.1. The van der Waals surface area contributed by atoms with Crippen LogP contribution in [0.25, 0.3) is 0 Å². The highest BCUT2D eigenvalue weighted by Gasteiger charge is 2.10. The largest absolute Gasteiger partial charge is 0.488 e. The van der Waals surface area contributed by atoms with Gasteiger partial charge in [0.05, 0.1) is 6.10 Å². The number of aryl methyl sites for hydroxylation is 1. The summed E-state index contributed by atoms with van der Waals surface area (Å²) in [6.45, 7) is 4.00. The SMILES string of the molecule is Cc1ccc(COc2cc(F)ccc2[C@@H](C)O)cc1. The van der Waals surface area contributed by atoms with Gasteiger partial charge >= 0.3 is 0 Å². The van der Waals surface area contributed by atoms with E-state index in [0.717, 1.165) is 5.56 Å². The highest BCUT2D eigenvalue weighted by atomic mass is 19.1. The van der Waals surface area contributed by atoms with Gasteiger partial charge in [0.2, 0.25) is 0 Å². The highest BCUT2D eigenvalue weighted by molar-refractivity contribution is 5.35. The minimum absolute atomic E-state index is 0.351. The summed E-state index contributed by atoms with van der Waals surface area (Å²) in [5.41, 5.74) is 2.78. The van der Waals surface area contributed by atoms with E-state index in [1.54, 1.807) is 13.0 Å². The van der Waals surface area contributed by atoms with Crippen LogP contribution in [0.5, 0.6) is 5.75 Å². The molecule has 0 saturated heterocycles. The van der Waals surface area contributed by atoms with Crippen molar-refractivity contribution < 1.29 is 14.2 Å². The Morgan fingerprint density at radius 2 is 1.84 bits per heavy atom. The van der Waals surface area contributed by atoms with Crippen molar-refractivity contribution in [3.05, 3.63) is 65.0 Å². The van der Waals surface area contributed by atoms with E-state index in [1.807, 2.05) is 31.2 Å². The van der Waals surface area contributed by atoms with Crippen LogP contribution in [-0.4, -0.2) is 5.11 Å². The van der Waals surface area contributed by atoms with Crippen LogP contribution in [0, 0.1) is 12.7 Å². The standard InChI is InChI=1S/C16H17FO2/c1-11-3-5-13(6-4-11)10-19-16-9-14(17)7-8-15(16)12(2)18/h3-9,12,18H,10H2,1-2H3/t12-/m1/s1. The molecule has 0 aliphatic rings. The lowest BCUT2D eigenvalue weighted by Crippen LogP contribution is -2.01. The number of aliphatic hydroxyl groups excluding tert-OH is 1. The first-order valence-electron chi connectivity index (χ1n) is 6.22. The highest BCUT2D eigenvalue weighted by Crippen LogP contribution is 2.26. The van der Waals surface area contributed by atoms with Gasteiger partial charge in [-0.05, 0) is 31.5 Å². The molecule has 0 saturated carbocycles. The molecule has 0 amide bonds. The van der Waals surface area contributed by atoms with Crippen LogP contribution in [0.3, 0.4) is 0 Å². The zero-order valence-electron chi connectivity index (χ0n) is 11.1. The lowest BCUT2D eigenvalue weighted by Gasteiger charge is -2.13. The van der Waals surface area contributed by atoms with Crippen molar-refractivity contribution in [3.8, 4) is 5.75 Å². The van der Waals surface area contributed by atoms with Crippen LogP contribution in [0.2, 0.25) is 0 Å². The number of hydrogen-bond donors (Lipinski definition) is 1. The van der Waals surface area contributed by atoms with E-state index in [0.29, 0.717) is 17.9 Å². The second kappa shape index (κ2) is 5.85. The summed E-state index contributed by atoms with van der Waals surface area (Å²) < 4.78 is 18.8. The zero-order chi connectivity index (χ0) is 13.8. The molecule has 0 bridgehead atoms. The molecule has 1 N–H and O–H groups in total. The molecule has 0 heterocycles. The average molecular weight is 260 g/mol. The summed E-state index contributed by atoms with van der Waals surface area (Å²) in [5, 5.41) is 9.63. The molecule has 19 heavy (non-hydrogen) atoms. The van der Waals surface area contributed by atoms with Gasteiger partial charge in [0.25, 0.3) is 0 Å². The summed E-state index contributed by atoms with van der Waals surface area (Å²) in [6.07, 6.45) is -0.686. The topological polar surface area (TPSA) is 29.5 Å². The molecule has 2 rings (SSSR count). The maximum Gasteiger partial charge on any atom is 0.128 e. The lowest BCUT2D eigenvalue weighted by molar-refractivity contribution is 0.190. The van der Waals surface area contributed by atoms with Crippen LogP contribution < -0.4 is 4.74 Å². The molecule has 0 radical (unpaired) electrons. The Hall–Kier alpha value is -1.87. The third kappa shape index (κ3) is 3.55. The quantitative estimate of drug-likeness (QED) is 0.906. The van der Waals surface area contributed by atoms with E-state index in [9.17, 15) is 9.50 Å². The first-order valence-corrected chi connectivity index (χ1v) is 6.22. The smallest absolute Gasteiger partial charge is 0.128 e. The van der Waals surface area contributed by atoms with Gasteiger partial charge in [-0.1, -0.05) is 29.8 Å². The molecule has 3 heteroatoms. The molecule has 0 aliphatic carbocycles. The Kier molecular flexibility index (Phi) is 4.17. The third-order valence-electron chi connectivity index (χ3n) is 2.94. The normalized spacial score (nSPS) is 12.2. The summed E-state index contributed by atoms with van der Waals surface area (Å²) in [4.78, 5) is 0. The molecule has 2 aromatic rings. The Morgan fingerprint density at radius 3 is 2.47 bits per heavy atom. The third-order valence-corrected chi connectivity index (χ3v) is 2.94. The van der Waals surface area contributed by atoms with Crippen molar-refractivity contribution in [3.63, 3.8) is 0 Å². The average Bonchev–Trinajstić information content (AvgIpc) is 2.38. The second-order valence-electron chi connectivity index (χ2n) is 4.63. The number of ether oxygens (including phenoxy) is 1. The first kappa shape index (κ1) is 13.6. The summed E-state index contributed by atoms with van der Waals surface area (Å²) in [7, 11) is 0. The molecule has 0 aromatic heterocycles. The van der Waals surface area contributed by atoms with Gasteiger partial charge in [0.1, 0.15) is 18.2 Å². The van der Waals surface area contributed by atoms with E-state index in [4.69, 9.17) is 4.74 Å². The number of rotatable bonds is 4. The Balaban J connectivity index is 2.14. The molecule has 1 atom stereocenters. The summed E-state index contributed by atoms with van der Waals surface area (Å²) >= 11 is 0. The molecular formula is C16H17FO2. The minimum atomic E-state index is -0.686. The van der Waals surface area contributed by atoms with Crippen LogP contribution in [0.15, 0.2) is 42.5 Å². The van der Waals surface area contributed by atoms with Crippen molar-refractivity contribution in [2.75, 3.05) is 0 Å². The second-order valence-corrected chi connectivity index (χ2v) is 4.63. The van der Waals surface area contributed by atoms with Gasteiger partial charge in [-0.2, -0.15) is 0 Å². The van der Waals surface area contributed by atoms with E-state index in [2.05, 4.69) is 0 Å². The van der Waals surface area contributed by atoms with Gasteiger partial charge in [0, 0.05) is 11.6 Å². The van der Waals surface area contributed by atoms with Crippen LogP contribution >= 0.6 is 0 Å². The first-order chi connectivity index (χ1) is 9.06. The fourth-order valence-electron chi connectivity index (χ4n) is 1.82. The van der Waals surface area contributed by atoms with Crippen LogP contribution in [0.1, 0.15) is 29.7 Å². The molecular weight excluding hydrogens is 243 g/mol. The van der Waals surface area contributed by atoms with Crippen LogP contribution in [0.4, 0.5) is 4.39 Å². The fourth-order valence-corrected chi connectivity index (χ4v) is 1.82. The molecule has 100 valence electrons. The number of hydrogen-bond acceptors (Lipinski definition) is 2. The number of aliphatic hydroxyl groups is 1. The Labute approximate surface area is 112 Å². The molecule has 0 aliphatic heterocycles. The monoisotopic (exact) mass is 260 g/mol. The summed E-state index contributed by atoms with van der Waals surface area (Å²) in [5.74, 6) is 0.0129. The van der Waals surface area contributed by atoms with Crippen LogP contribution in [-0.2, 0) is 6.61 Å². The van der Waals surface area contributed by atoms with E-state index in [1.165, 1.54) is 17.7 Å². The zero-order valence-corrected chi connectivity index (χ0v) is 11.1. The van der Waals surface area contributed by atoms with Crippen molar-refractivity contribution in [2.45, 2.75) is 26.6 Å². The van der Waals surface area contributed by atoms with Gasteiger partial charge in [-0.25, -0.2) is 4.39 Å². The molecule has 0 fully saturated rings. The van der Waals surface area contributed by atoms with Gasteiger partial charge in [0.15, 0.2) is 0 Å². The van der Waals surface area contributed by atoms with E-state index < -0.39 is 6.10 Å². The minimum Gasteiger partial charge on any atom is -0.488 e. The van der Waals surface area contributed by atoms with Gasteiger partial charge in [-0.3, -0.25) is 0 Å². The maximum atomic E-state index is 13.2. The maximum absolute atomic E-state index is 13.2. The number of halogens is 1. The molecule has 2 aromatic carbocycles. The fraction of sp³-hybridized carbons (Fsp3) is 0.250. The van der Waals surface area contributed by atoms with Crippen molar-refractivity contribution >= 4 is 0 Å². The van der Waals surface area contributed by atoms with E-state index in [-0.39, 0.29) is 5.82 Å². The van der Waals surface area contributed by atoms with Gasteiger partial charge < -0.3 is 9.84 Å².